The van der Waals surface area contributed by atoms with Gasteiger partial charge in [0.2, 0.25) is 0 Å². The van der Waals surface area contributed by atoms with Gasteiger partial charge in [0.05, 0.1) is 18.6 Å². The highest BCUT2D eigenvalue weighted by Gasteiger charge is 2.03. The normalized spacial score (nSPS) is 10.7. The number of nitrogens with zero attached hydrogens (tertiary/aromatic N) is 6. The average molecular weight is 257 g/mol. The van der Waals surface area contributed by atoms with E-state index in [1.165, 1.54) is 0 Å². The third-order valence-corrected chi connectivity index (χ3v) is 2.43. The van der Waals surface area contributed by atoms with Gasteiger partial charge in [0.15, 0.2) is 5.82 Å². The maximum absolute atomic E-state index is 4.18. The van der Waals surface area contributed by atoms with Crippen LogP contribution in [0.3, 0.4) is 0 Å². The van der Waals surface area contributed by atoms with E-state index in [0.29, 0.717) is 6.54 Å². The van der Waals surface area contributed by atoms with E-state index in [9.17, 15) is 0 Å². The molecule has 0 unspecified atom stereocenters. The summed E-state index contributed by atoms with van der Waals surface area (Å²) in [5.41, 5.74) is 1.00. The van der Waals surface area contributed by atoms with Crippen LogP contribution in [-0.4, -0.2) is 29.8 Å². The third kappa shape index (κ3) is 1.82. The lowest BCUT2D eigenvalue weighted by Crippen LogP contribution is -2.05. The molecule has 14 heavy (non-hydrogen) atoms. The molecule has 0 aromatic carbocycles. The van der Waals surface area contributed by atoms with Crippen LogP contribution in [0.5, 0.6) is 0 Å². The number of hydrogen-bond donors (Lipinski definition) is 0. The molecule has 0 aliphatic carbocycles. The van der Waals surface area contributed by atoms with Crippen molar-refractivity contribution in [2.75, 3.05) is 0 Å². The summed E-state index contributed by atoms with van der Waals surface area (Å²) in [6.45, 7) is 0.642. The summed E-state index contributed by atoms with van der Waals surface area (Å²) >= 11 is 3.34. The van der Waals surface area contributed by atoms with Crippen molar-refractivity contribution in [3.05, 3.63) is 24.0 Å². The van der Waals surface area contributed by atoms with Crippen LogP contribution in [0.25, 0.3) is 0 Å². The first-order valence-electron chi connectivity index (χ1n) is 4.07. The number of alkyl halides is 1. The fraction of sp³-hybridized carbons (Fsp3) is 0.429. The molecule has 7 heteroatoms. The SMILES string of the molecule is Cn1nnnc1Cn1cnc(CBr)c1. The van der Waals surface area contributed by atoms with Gasteiger partial charge in [-0.3, -0.25) is 0 Å². The van der Waals surface area contributed by atoms with Crippen LogP contribution >= 0.6 is 15.9 Å². The predicted octanol–water partition coefficient (Wildman–Crippen LogP) is 0.350. The van der Waals surface area contributed by atoms with E-state index < -0.39 is 0 Å². The lowest BCUT2D eigenvalue weighted by molar-refractivity contribution is 0.644. The average Bonchev–Trinajstić information content (AvgIpc) is 2.77. The maximum atomic E-state index is 4.18. The van der Waals surface area contributed by atoms with Gasteiger partial charge in [-0.05, 0) is 10.4 Å². The first-order chi connectivity index (χ1) is 6.79. The number of aromatic nitrogens is 6. The fourth-order valence-electron chi connectivity index (χ4n) is 1.11. The van der Waals surface area contributed by atoms with Crippen LogP contribution in [0.4, 0.5) is 0 Å². The molecular formula is C7H9BrN6. The van der Waals surface area contributed by atoms with E-state index in [2.05, 4.69) is 36.4 Å². The summed E-state index contributed by atoms with van der Waals surface area (Å²) in [6, 6.07) is 0. The van der Waals surface area contributed by atoms with Crippen molar-refractivity contribution < 1.29 is 0 Å². The third-order valence-electron chi connectivity index (χ3n) is 1.86. The molecule has 0 radical (unpaired) electrons. The molecule has 0 spiro atoms. The van der Waals surface area contributed by atoms with E-state index in [4.69, 9.17) is 0 Å². The van der Waals surface area contributed by atoms with E-state index in [1.807, 2.05) is 17.8 Å². The van der Waals surface area contributed by atoms with Crippen molar-refractivity contribution in [3.8, 4) is 0 Å². The Morgan fingerprint density at radius 2 is 2.36 bits per heavy atom. The van der Waals surface area contributed by atoms with Crippen LogP contribution in [-0.2, 0) is 18.9 Å². The van der Waals surface area contributed by atoms with Gasteiger partial charge in [0.1, 0.15) is 0 Å². The summed E-state index contributed by atoms with van der Waals surface area (Å²) in [5.74, 6) is 0.809. The molecule has 0 fully saturated rings. The smallest absolute Gasteiger partial charge is 0.170 e. The molecule has 2 aromatic rings. The molecule has 74 valence electrons. The second kappa shape index (κ2) is 3.87. The monoisotopic (exact) mass is 256 g/mol. The number of imidazole rings is 1. The molecule has 0 aliphatic rings. The van der Waals surface area contributed by atoms with Crippen LogP contribution in [0, 0.1) is 0 Å². The van der Waals surface area contributed by atoms with Crippen molar-refractivity contribution in [3.63, 3.8) is 0 Å². The Morgan fingerprint density at radius 3 is 2.93 bits per heavy atom. The first kappa shape index (κ1) is 9.32. The van der Waals surface area contributed by atoms with E-state index in [1.54, 1.807) is 11.0 Å². The van der Waals surface area contributed by atoms with Crippen molar-refractivity contribution in [2.24, 2.45) is 7.05 Å². The van der Waals surface area contributed by atoms with Gasteiger partial charge in [-0.2, -0.15) is 0 Å². The van der Waals surface area contributed by atoms with Crippen molar-refractivity contribution in [2.45, 2.75) is 11.9 Å². The summed E-state index contributed by atoms with van der Waals surface area (Å²) in [6.07, 6.45) is 3.73. The Morgan fingerprint density at radius 1 is 1.50 bits per heavy atom. The molecule has 2 rings (SSSR count). The number of halogens is 1. The van der Waals surface area contributed by atoms with Crippen molar-refractivity contribution in [1.29, 1.82) is 0 Å². The highest BCUT2D eigenvalue weighted by Crippen LogP contribution is 2.03. The zero-order valence-corrected chi connectivity index (χ0v) is 9.22. The summed E-state index contributed by atoms with van der Waals surface area (Å²) < 4.78 is 3.59. The maximum Gasteiger partial charge on any atom is 0.170 e. The minimum Gasteiger partial charge on any atom is -0.329 e. The zero-order chi connectivity index (χ0) is 9.97. The van der Waals surface area contributed by atoms with Gasteiger partial charge in [0, 0.05) is 18.6 Å². The molecule has 0 N–H and O–H groups in total. The lowest BCUT2D eigenvalue weighted by Gasteiger charge is -1.98. The van der Waals surface area contributed by atoms with Gasteiger partial charge in [0.25, 0.3) is 0 Å². The molecule has 0 aliphatic heterocycles. The Balaban J connectivity index is 2.15. The zero-order valence-electron chi connectivity index (χ0n) is 7.63. The van der Waals surface area contributed by atoms with Crippen LogP contribution < -0.4 is 0 Å². The molecule has 0 atom stereocenters. The Hall–Kier alpha value is -1.24. The summed E-state index contributed by atoms with van der Waals surface area (Å²) in [5, 5.41) is 12.0. The van der Waals surface area contributed by atoms with Gasteiger partial charge in [-0.15, -0.1) is 5.10 Å². The molecular weight excluding hydrogens is 248 g/mol. The highest BCUT2D eigenvalue weighted by atomic mass is 79.9. The summed E-state index contributed by atoms with van der Waals surface area (Å²) in [7, 11) is 1.82. The quantitative estimate of drug-likeness (QED) is 0.744. The van der Waals surface area contributed by atoms with Gasteiger partial charge in [-0.1, -0.05) is 15.9 Å². The molecule has 2 heterocycles. The van der Waals surface area contributed by atoms with Crippen LogP contribution in [0.1, 0.15) is 11.5 Å². The van der Waals surface area contributed by atoms with Crippen LogP contribution in [0.15, 0.2) is 12.5 Å². The number of aryl methyl sites for hydroxylation is 1. The number of rotatable bonds is 3. The lowest BCUT2D eigenvalue weighted by atomic mass is 10.5. The van der Waals surface area contributed by atoms with Crippen molar-refractivity contribution in [1.82, 2.24) is 29.8 Å². The fourth-order valence-corrected chi connectivity index (χ4v) is 1.40. The minimum absolute atomic E-state index is 0.642. The molecule has 0 saturated heterocycles. The molecule has 6 nitrogen and oxygen atoms in total. The van der Waals surface area contributed by atoms with Crippen LogP contribution in [0.2, 0.25) is 0 Å². The van der Waals surface area contributed by atoms with E-state index in [0.717, 1.165) is 16.8 Å². The van der Waals surface area contributed by atoms with E-state index in [-0.39, 0.29) is 0 Å². The van der Waals surface area contributed by atoms with Gasteiger partial charge >= 0.3 is 0 Å². The molecule has 2 aromatic heterocycles. The first-order valence-corrected chi connectivity index (χ1v) is 5.19. The van der Waals surface area contributed by atoms with E-state index >= 15 is 0 Å². The largest absolute Gasteiger partial charge is 0.329 e. The second-order valence-electron chi connectivity index (χ2n) is 2.89. The summed E-state index contributed by atoms with van der Waals surface area (Å²) in [4.78, 5) is 4.18. The minimum atomic E-state index is 0.642. The number of hydrogen-bond acceptors (Lipinski definition) is 4. The van der Waals surface area contributed by atoms with Gasteiger partial charge in [-0.25, -0.2) is 9.67 Å². The van der Waals surface area contributed by atoms with Crippen molar-refractivity contribution >= 4 is 15.9 Å². The Kier molecular flexibility index (Phi) is 2.58. The molecule has 0 bridgehead atoms. The number of tetrazole rings is 1. The second-order valence-corrected chi connectivity index (χ2v) is 3.45. The highest BCUT2D eigenvalue weighted by molar-refractivity contribution is 9.08. The molecule has 0 saturated carbocycles. The predicted molar refractivity (Wildman–Crippen MR) is 52.8 cm³/mol. The molecule has 0 amide bonds. The Bertz CT molecular complexity index is 419. The van der Waals surface area contributed by atoms with Gasteiger partial charge < -0.3 is 4.57 Å². The Labute approximate surface area is 89.1 Å². The standard InChI is InChI=1S/C7H9BrN6/c1-13-7(10-11-12-13)4-14-3-6(2-8)9-5-14/h3,5H,2,4H2,1H3. The topological polar surface area (TPSA) is 61.4 Å².